The second kappa shape index (κ2) is 4.94. The zero-order valence-electron chi connectivity index (χ0n) is 12.3. The molecular weight excluding hydrogens is 266 g/mol. The molecule has 1 saturated heterocycles. The van der Waals surface area contributed by atoms with Crippen LogP contribution in [0.15, 0.2) is 11.0 Å². The van der Waals surface area contributed by atoms with E-state index < -0.39 is 0 Å². The average Bonchev–Trinajstić information content (AvgIpc) is 3.16. The maximum atomic E-state index is 12.3. The van der Waals surface area contributed by atoms with Gasteiger partial charge in [-0.2, -0.15) is 5.10 Å². The van der Waals surface area contributed by atoms with Gasteiger partial charge in [-0.3, -0.25) is 4.79 Å². The van der Waals surface area contributed by atoms with Crippen LogP contribution >= 0.6 is 0 Å². The molecule has 21 heavy (non-hydrogen) atoms. The number of aromatic amines is 1. The van der Waals surface area contributed by atoms with Crippen molar-refractivity contribution in [3.8, 4) is 0 Å². The van der Waals surface area contributed by atoms with Crippen LogP contribution in [0.25, 0.3) is 5.52 Å². The van der Waals surface area contributed by atoms with Gasteiger partial charge in [0.05, 0.1) is 6.20 Å². The van der Waals surface area contributed by atoms with Crippen molar-refractivity contribution in [1.82, 2.24) is 24.9 Å². The van der Waals surface area contributed by atoms with E-state index in [-0.39, 0.29) is 11.5 Å². The van der Waals surface area contributed by atoms with Gasteiger partial charge >= 0.3 is 0 Å². The zero-order valence-corrected chi connectivity index (χ0v) is 12.3. The largest absolute Gasteiger partial charge is 0.316 e. The van der Waals surface area contributed by atoms with Gasteiger partial charge in [0.1, 0.15) is 11.6 Å². The van der Waals surface area contributed by atoms with Gasteiger partial charge in [-0.15, -0.1) is 0 Å². The summed E-state index contributed by atoms with van der Waals surface area (Å²) in [5, 5.41) is 8.10. The molecule has 3 heterocycles. The van der Waals surface area contributed by atoms with E-state index in [4.69, 9.17) is 5.10 Å². The SMILES string of the molecule is CC1CNCC1c1nn2c(C3CCCC3)ncc2c(=O)[nH]1. The van der Waals surface area contributed by atoms with Crippen LogP contribution in [-0.4, -0.2) is 32.7 Å². The molecule has 0 aromatic carbocycles. The zero-order chi connectivity index (χ0) is 14.4. The monoisotopic (exact) mass is 287 g/mol. The second-order valence-corrected chi connectivity index (χ2v) is 6.48. The Bertz CT molecular complexity index is 712. The summed E-state index contributed by atoms with van der Waals surface area (Å²) in [4.78, 5) is 19.8. The predicted octanol–water partition coefficient (Wildman–Crippen LogP) is 1.40. The molecule has 0 bridgehead atoms. The molecule has 2 atom stereocenters. The minimum atomic E-state index is -0.0733. The topological polar surface area (TPSA) is 75.1 Å². The Balaban J connectivity index is 1.83. The Hall–Kier alpha value is -1.69. The molecule has 6 heteroatoms. The summed E-state index contributed by atoms with van der Waals surface area (Å²) in [5.74, 6) is 2.98. The van der Waals surface area contributed by atoms with Crippen LogP contribution in [0.3, 0.4) is 0 Å². The molecular formula is C15H21N5O. The maximum absolute atomic E-state index is 12.3. The fourth-order valence-electron chi connectivity index (χ4n) is 3.74. The van der Waals surface area contributed by atoms with E-state index in [0.29, 0.717) is 17.4 Å². The van der Waals surface area contributed by atoms with Gasteiger partial charge in [-0.1, -0.05) is 19.8 Å². The number of rotatable bonds is 2. The first kappa shape index (κ1) is 13.0. The highest BCUT2D eigenvalue weighted by molar-refractivity contribution is 5.42. The summed E-state index contributed by atoms with van der Waals surface area (Å²) in [6.07, 6.45) is 6.48. The minimum absolute atomic E-state index is 0.0733. The first-order valence-corrected chi connectivity index (χ1v) is 7.92. The lowest BCUT2D eigenvalue weighted by molar-refractivity contribution is 0.526. The van der Waals surface area contributed by atoms with Gasteiger partial charge in [0.2, 0.25) is 0 Å². The first-order valence-electron chi connectivity index (χ1n) is 7.92. The van der Waals surface area contributed by atoms with Crippen molar-refractivity contribution in [1.29, 1.82) is 0 Å². The summed E-state index contributed by atoms with van der Waals surface area (Å²) in [6.45, 7) is 4.05. The number of H-pyrrole nitrogens is 1. The molecule has 0 spiro atoms. The lowest BCUT2D eigenvalue weighted by atomic mass is 9.97. The minimum Gasteiger partial charge on any atom is -0.316 e. The van der Waals surface area contributed by atoms with Gasteiger partial charge in [0.15, 0.2) is 5.52 Å². The predicted molar refractivity (Wildman–Crippen MR) is 79.6 cm³/mol. The highest BCUT2D eigenvalue weighted by Gasteiger charge is 2.29. The van der Waals surface area contributed by atoms with Crippen molar-refractivity contribution >= 4 is 5.52 Å². The number of nitrogens with one attached hydrogen (secondary N) is 2. The third kappa shape index (κ3) is 2.09. The normalized spacial score (nSPS) is 26.9. The van der Waals surface area contributed by atoms with E-state index in [9.17, 15) is 4.79 Å². The molecule has 2 aliphatic rings. The Kier molecular flexibility index (Phi) is 3.06. The Labute approximate surface area is 123 Å². The second-order valence-electron chi connectivity index (χ2n) is 6.48. The molecule has 0 radical (unpaired) electrons. The van der Waals surface area contributed by atoms with Crippen LogP contribution in [0.4, 0.5) is 0 Å². The molecule has 2 unspecified atom stereocenters. The molecule has 2 aromatic rings. The molecule has 6 nitrogen and oxygen atoms in total. The lowest BCUT2D eigenvalue weighted by Crippen LogP contribution is -2.22. The maximum Gasteiger partial charge on any atom is 0.276 e. The number of fused-ring (bicyclic) bond motifs is 1. The summed E-state index contributed by atoms with van der Waals surface area (Å²) in [6, 6.07) is 0. The third-order valence-electron chi connectivity index (χ3n) is 5.04. The van der Waals surface area contributed by atoms with E-state index in [1.165, 1.54) is 12.8 Å². The van der Waals surface area contributed by atoms with Gasteiger partial charge < -0.3 is 10.3 Å². The van der Waals surface area contributed by atoms with Crippen LogP contribution in [0.5, 0.6) is 0 Å². The molecule has 0 amide bonds. The fraction of sp³-hybridized carbons (Fsp3) is 0.667. The van der Waals surface area contributed by atoms with Gasteiger partial charge in [0.25, 0.3) is 5.56 Å². The van der Waals surface area contributed by atoms with Crippen molar-refractivity contribution in [3.63, 3.8) is 0 Å². The van der Waals surface area contributed by atoms with Gasteiger partial charge in [0, 0.05) is 18.4 Å². The van der Waals surface area contributed by atoms with Crippen LogP contribution in [-0.2, 0) is 0 Å². The quantitative estimate of drug-likeness (QED) is 0.875. The highest BCUT2D eigenvalue weighted by atomic mass is 16.1. The van der Waals surface area contributed by atoms with Crippen molar-refractivity contribution in [2.24, 2.45) is 5.92 Å². The summed E-state index contributed by atoms with van der Waals surface area (Å²) >= 11 is 0. The number of nitrogens with zero attached hydrogens (tertiary/aromatic N) is 3. The molecule has 1 aliphatic carbocycles. The smallest absolute Gasteiger partial charge is 0.276 e. The number of imidazole rings is 1. The molecule has 1 aliphatic heterocycles. The van der Waals surface area contributed by atoms with Crippen molar-refractivity contribution in [3.05, 3.63) is 28.2 Å². The van der Waals surface area contributed by atoms with Crippen molar-refractivity contribution in [2.45, 2.75) is 44.4 Å². The van der Waals surface area contributed by atoms with Crippen LogP contribution < -0.4 is 10.9 Å². The molecule has 112 valence electrons. The van der Waals surface area contributed by atoms with Crippen LogP contribution in [0.2, 0.25) is 0 Å². The Morgan fingerprint density at radius 1 is 1.29 bits per heavy atom. The van der Waals surface area contributed by atoms with Crippen molar-refractivity contribution < 1.29 is 0 Å². The molecule has 2 N–H and O–H groups in total. The first-order chi connectivity index (χ1) is 10.2. The number of hydrogen-bond donors (Lipinski definition) is 2. The van der Waals surface area contributed by atoms with Crippen LogP contribution in [0.1, 0.15) is 56.1 Å². The van der Waals surface area contributed by atoms with E-state index >= 15 is 0 Å². The average molecular weight is 287 g/mol. The van der Waals surface area contributed by atoms with E-state index in [0.717, 1.165) is 37.6 Å². The standard InChI is InChI=1S/C15H21N5O/c1-9-6-16-7-11(9)13-18-15(21)12-8-17-14(20(12)19-13)10-4-2-3-5-10/h8-11,16H,2-7H2,1H3,(H,18,19,21). The molecule has 4 rings (SSSR count). The highest BCUT2D eigenvalue weighted by Crippen LogP contribution is 2.33. The van der Waals surface area contributed by atoms with E-state index in [2.05, 4.69) is 22.2 Å². The number of hydrogen-bond acceptors (Lipinski definition) is 4. The lowest BCUT2D eigenvalue weighted by Gasteiger charge is -2.14. The Morgan fingerprint density at radius 2 is 2.10 bits per heavy atom. The van der Waals surface area contributed by atoms with E-state index in [1.54, 1.807) is 10.7 Å². The summed E-state index contributed by atoms with van der Waals surface area (Å²) < 4.78 is 1.80. The molecule has 2 aromatic heterocycles. The Morgan fingerprint density at radius 3 is 2.81 bits per heavy atom. The summed E-state index contributed by atoms with van der Waals surface area (Å²) in [5.41, 5.74) is 0.495. The molecule has 1 saturated carbocycles. The fourth-order valence-corrected chi connectivity index (χ4v) is 3.74. The third-order valence-corrected chi connectivity index (χ3v) is 5.04. The van der Waals surface area contributed by atoms with Crippen LogP contribution in [0, 0.1) is 5.92 Å². The van der Waals surface area contributed by atoms with Gasteiger partial charge in [-0.25, -0.2) is 9.50 Å². The summed E-state index contributed by atoms with van der Waals surface area (Å²) in [7, 11) is 0. The number of aromatic nitrogens is 4. The van der Waals surface area contributed by atoms with Crippen molar-refractivity contribution in [2.75, 3.05) is 13.1 Å². The van der Waals surface area contributed by atoms with Gasteiger partial charge in [-0.05, 0) is 25.3 Å². The molecule has 2 fully saturated rings. The van der Waals surface area contributed by atoms with E-state index in [1.807, 2.05) is 0 Å².